The highest BCUT2D eigenvalue weighted by molar-refractivity contribution is 5.12. The maximum Gasteiger partial charge on any atom is 0.0233 e. The Morgan fingerprint density at radius 3 is 2.93 bits per heavy atom. The third kappa shape index (κ3) is 1.71. The lowest BCUT2D eigenvalue weighted by Crippen LogP contribution is -2.41. The number of hydrogen-bond acceptors (Lipinski definition) is 1. The smallest absolute Gasteiger partial charge is 0.0233 e. The van der Waals surface area contributed by atoms with Gasteiger partial charge < -0.3 is 9.88 Å². The molecule has 0 saturated carbocycles. The Morgan fingerprint density at radius 1 is 1.57 bits per heavy atom. The number of hydrogen-bond donors (Lipinski definition) is 1. The molecule has 0 bridgehead atoms. The van der Waals surface area contributed by atoms with E-state index in [1.165, 1.54) is 37.9 Å². The molecule has 1 aliphatic rings. The van der Waals surface area contributed by atoms with E-state index in [2.05, 4.69) is 42.2 Å². The number of rotatable bonds is 3. The van der Waals surface area contributed by atoms with Gasteiger partial charge in [0.25, 0.3) is 0 Å². The lowest BCUT2D eigenvalue weighted by molar-refractivity contribution is 0.353. The van der Waals surface area contributed by atoms with E-state index in [-0.39, 0.29) is 0 Å². The molecule has 2 heteroatoms. The lowest BCUT2D eigenvalue weighted by Gasteiger charge is -2.28. The van der Waals surface area contributed by atoms with Crippen LogP contribution in [0.25, 0.3) is 0 Å². The van der Waals surface area contributed by atoms with Crippen molar-refractivity contribution in [1.29, 1.82) is 0 Å². The van der Waals surface area contributed by atoms with Gasteiger partial charge in [-0.3, -0.25) is 0 Å². The van der Waals surface area contributed by atoms with Crippen molar-refractivity contribution in [2.24, 2.45) is 7.05 Å². The van der Waals surface area contributed by atoms with Gasteiger partial charge in [-0.1, -0.05) is 6.92 Å². The Labute approximate surface area is 86.3 Å². The van der Waals surface area contributed by atoms with Gasteiger partial charge in [-0.15, -0.1) is 0 Å². The van der Waals surface area contributed by atoms with Crippen LogP contribution in [0.1, 0.15) is 31.9 Å². The Kier molecular flexibility index (Phi) is 2.64. The summed E-state index contributed by atoms with van der Waals surface area (Å²) in [5.41, 5.74) is 1.83. The fraction of sp³-hybridized carbons (Fsp3) is 0.667. The standard InChI is InChI=1S/C12H20N2/c1-3-12(7-5-8-13-12)10-11-6-4-9-14(11)2/h4,6,9,13H,3,5,7-8,10H2,1-2H3. The SMILES string of the molecule is CCC1(Cc2cccn2C)CCCN1. The minimum atomic E-state index is 0.381. The van der Waals surface area contributed by atoms with Crippen LogP contribution < -0.4 is 5.32 Å². The largest absolute Gasteiger partial charge is 0.354 e. The van der Waals surface area contributed by atoms with E-state index < -0.39 is 0 Å². The molecule has 78 valence electrons. The van der Waals surface area contributed by atoms with Gasteiger partial charge in [0.2, 0.25) is 0 Å². The molecule has 1 aromatic rings. The van der Waals surface area contributed by atoms with Crippen LogP contribution in [0.4, 0.5) is 0 Å². The number of nitrogens with one attached hydrogen (secondary N) is 1. The molecule has 1 atom stereocenters. The minimum absolute atomic E-state index is 0.381. The second kappa shape index (κ2) is 3.77. The monoisotopic (exact) mass is 192 g/mol. The average molecular weight is 192 g/mol. The summed E-state index contributed by atoms with van der Waals surface area (Å²) in [4.78, 5) is 0. The van der Waals surface area contributed by atoms with Crippen molar-refractivity contribution in [3.8, 4) is 0 Å². The van der Waals surface area contributed by atoms with Crippen LogP contribution in [0.5, 0.6) is 0 Å². The van der Waals surface area contributed by atoms with Crippen LogP contribution in [0, 0.1) is 0 Å². The quantitative estimate of drug-likeness (QED) is 0.776. The van der Waals surface area contributed by atoms with Crippen molar-refractivity contribution in [3.05, 3.63) is 24.0 Å². The predicted molar refractivity (Wildman–Crippen MR) is 59.4 cm³/mol. The van der Waals surface area contributed by atoms with Crippen LogP contribution in [0.2, 0.25) is 0 Å². The van der Waals surface area contributed by atoms with Crippen molar-refractivity contribution >= 4 is 0 Å². The number of aryl methyl sites for hydroxylation is 1. The molecule has 1 aliphatic heterocycles. The number of nitrogens with zero attached hydrogens (tertiary/aromatic N) is 1. The van der Waals surface area contributed by atoms with Crippen LogP contribution in [0.3, 0.4) is 0 Å². The Bertz CT molecular complexity index is 295. The van der Waals surface area contributed by atoms with E-state index in [0.29, 0.717) is 5.54 Å². The zero-order valence-electron chi connectivity index (χ0n) is 9.21. The van der Waals surface area contributed by atoms with E-state index in [0.717, 1.165) is 0 Å². The maximum atomic E-state index is 3.67. The first-order valence-electron chi connectivity index (χ1n) is 5.61. The zero-order valence-corrected chi connectivity index (χ0v) is 9.21. The third-order valence-corrected chi connectivity index (χ3v) is 3.58. The molecule has 2 nitrogen and oxygen atoms in total. The van der Waals surface area contributed by atoms with E-state index in [4.69, 9.17) is 0 Å². The highest BCUT2D eigenvalue weighted by atomic mass is 15.0. The van der Waals surface area contributed by atoms with Gasteiger partial charge in [0.1, 0.15) is 0 Å². The molecule has 1 saturated heterocycles. The minimum Gasteiger partial charge on any atom is -0.354 e. The van der Waals surface area contributed by atoms with Crippen molar-refractivity contribution in [2.45, 2.75) is 38.1 Å². The molecule has 2 rings (SSSR count). The summed E-state index contributed by atoms with van der Waals surface area (Å²) in [7, 11) is 2.13. The predicted octanol–water partition coefficient (Wildman–Crippen LogP) is 2.10. The van der Waals surface area contributed by atoms with Crippen molar-refractivity contribution < 1.29 is 0 Å². The number of aromatic nitrogens is 1. The fourth-order valence-electron chi connectivity index (χ4n) is 2.47. The molecule has 2 heterocycles. The summed E-state index contributed by atoms with van der Waals surface area (Å²) < 4.78 is 2.23. The highest BCUT2D eigenvalue weighted by Gasteiger charge is 2.31. The van der Waals surface area contributed by atoms with Gasteiger partial charge in [0.15, 0.2) is 0 Å². The molecular formula is C12H20N2. The second-order valence-corrected chi connectivity index (χ2v) is 4.45. The summed E-state index contributed by atoms with van der Waals surface area (Å²) in [6, 6.07) is 4.37. The molecule has 0 radical (unpaired) electrons. The van der Waals surface area contributed by atoms with Crippen molar-refractivity contribution in [2.75, 3.05) is 6.54 Å². The lowest BCUT2D eigenvalue weighted by atomic mass is 9.89. The van der Waals surface area contributed by atoms with E-state index in [9.17, 15) is 0 Å². The summed E-state index contributed by atoms with van der Waals surface area (Å²) >= 11 is 0. The first-order chi connectivity index (χ1) is 6.76. The topological polar surface area (TPSA) is 17.0 Å². The Hall–Kier alpha value is -0.760. The Morgan fingerprint density at radius 2 is 2.43 bits per heavy atom. The molecule has 14 heavy (non-hydrogen) atoms. The molecule has 0 aliphatic carbocycles. The van der Waals surface area contributed by atoms with Gasteiger partial charge >= 0.3 is 0 Å². The molecule has 1 fully saturated rings. The van der Waals surface area contributed by atoms with Gasteiger partial charge in [0.05, 0.1) is 0 Å². The van der Waals surface area contributed by atoms with Crippen LogP contribution in [-0.4, -0.2) is 16.7 Å². The fourth-order valence-corrected chi connectivity index (χ4v) is 2.47. The molecule has 1 unspecified atom stereocenters. The van der Waals surface area contributed by atoms with Crippen molar-refractivity contribution in [1.82, 2.24) is 9.88 Å². The van der Waals surface area contributed by atoms with Crippen LogP contribution in [-0.2, 0) is 13.5 Å². The second-order valence-electron chi connectivity index (χ2n) is 4.45. The molecule has 0 spiro atoms. The van der Waals surface area contributed by atoms with Gasteiger partial charge in [-0.05, 0) is 37.9 Å². The maximum absolute atomic E-state index is 3.67. The first kappa shape index (κ1) is 9.78. The van der Waals surface area contributed by atoms with Gasteiger partial charge in [-0.2, -0.15) is 0 Å². The normalized spacial score (nSPS) is 27.0. The van der Waals surface area contributed by atoms with Crippen LogP contribution in [0.15, 0.2) is 18.3 Å². The van der Waals surface area contributed by atoms with Gasteiger partial charge in [0, 0.05) is 30.9 Å². The van der Waals surface area contributed by atoms with Crippen LogP contribution >= 0.6 is 0 Å². The zero-order chi connectivity index (χ0) is 10.0. The first-order valence-corrected chi connectivity index (χ1v) is 5.61. The molecule has 0 aromatic carbocycles. The summed E-state index contributed by atoms with van der Waals surface area (Å²) in [5, 5.41) is 3.67. The van der Waals surface area contributed by atoms with E-state index in [1.807, 2.05) is 0 Å². The molecule has 0 amide bonds. The Balaban J connectivity index is 2.12. The summed E-state index contributed by atoms with van der Waals surface area (Å²) in [6.07, 6.45) is 7.20. The molecule has 1 N–H and O–H groups in total. The highest BCUT2D eigenvalue weighted by Crippen LogP contribution is 2.27. The van der Waals surface area contributed by atoms with E-state index >= 15 is 0 Å². The average Bonchev–Trinajstić information content (AvgIpc) is 2.79. The third-order valence-electron chi connectivity index (χ3n) is 3.58. The molecular weight excluding hydrogens is 172 g/mol. The van der Waals surface area contributed by atoms with Gasteiger partial charge in [-0.25, -0.2) is 0 Å². The summed E-state index contributed by atoms with van der Waals surface area (Å²) in [5.74, 6) is 0. The van der Waals surface area contributed by atoms with Crippen molar-refractivity contribution in [3.63, 3.8) is 0 Å². The molecule has 1 aromatic heterocycles. The summed E-state index contributed by atoms with van der Waals surface area (Å²) in [6.45, 7) is 3.49. The van der Waals surface area contributed by atoms with E-state index in [1.54, 1.807) is 0 Å².